The van der Waals surface area contributed by atoms with Gasteiger partial charge in [-0.15, -0.1) is 0 Å². The lowest BCUT2D eigenvalue weighted by atomic mass is 9.96. The van der Waals surface area contributed by atoms with Crippen molar-refractivity contribution in [2.45, 2.75) is 33.1 Å². The summed E-state index contributed by atoms with van der Waals surface area (Å²) in [5.41, 5.74) is 5.97. The third-order valence-electron chi connectivity index (χ3n) is 8.11. The van der Waals surface area contributed by atoms with E-state index in [0.29, 0.717) is 86.6 Å². The second-order valence-corrected chi connectivity index (χ2v) is 11.7. The Morgan fingerprint density at radius 1 is 0.865 bits per heavy atom. The lowest BCUT2D eigenvalue weighted by molar-refractivity contribution is 0.137. The average Bonchev–Trinajstić information content (AvgIpc) is 3.19. The third-order valence-corrected chi connectivity index (χ3v) is 8.11. The van der Waals surface area contributed by atoms with E-state index in [-0.39, 0.29) is 32.4 Å². The Bertz CT molecular complexity index is 1910. The number of aliphatic hydroxyl groups is 1. The summed E-state index contributed by atoms with van der Waals surface area (Å²) in [6.45, 7) is 5.61. The molecule has 0 radical (unpaired) electrons. The van der Waals surface area contributed by atoms with Gasteiger partial charge in [0.25, 0.3) is 0 Å². The molecule has 13 nitrogen and oxygen atoms in total. The monoisotopic (exact) mass is 706 g/mol. The van der Waals surface area contributed by atoms with E-state index in [1.807, 2.05) is 55.5 Å². The summed E-state index contributed by atoms with van der Waals surface area (Å²) in [6.07, 6.45) is 3.86. The van der Waals surface area contributed by atoms with Crippen molar-refractivity contribution in [1.82, 2.24) is 20.9 Å². The van der Waals surface area contributed by atoms with Crippen molar-refractivity contribution < 1.29 is 33.6 Å². The van der Waals surface area contributed by atoms with E-state index >= 15 is 0 Å². The Hall–Kier alpha value is -5.86. The van der Waals surface area contributed by atoms with Gasteiger partial charge in [0.15, 0.2) is 11.5 Å². The molecule has 0 spiro atoms. The molecule has 1 aliphatic rings. The number of hydrogen-bond donors (Lipinski definition) is 4. The van der Waals surface area contributed by atoms with E-state index < -0.39 is 0 Å². The Morgan fingerprint density at radius 2 is 1.65 bits per heavy atom. The standard InChI is InChI=1S/C39H42N6O7/c1-2-29-17-32(24-42-9-12-48-13-10-45-39(47)44-8-11-46)37(51-25-28-16-27(20-40)22-43-23-28)19-36(29)52-26-31-4-3-5-33(34(31)21-41)30-6-7-35-38(18-30)50-15-14-49-35/h3-7,16-19,22-23,42,46H,2,8-15,24-26H2,1H3,(H2,44,45,47). The summed E-state index contributed by atoms with van der Waals surface area (Å²) >= 11 is 0. The number of nitriles is 2. The molecule has 0 aliphatic carbocycles. The molecule has 0 saturated heterocycles. The minimum absolute atomic E-state index is 0.120. The van der Waals surface area contributed by atoms with Gasteiger partial charge < -0.3 is 44.7 Å². The van der Waals surface area contributed by atoms with Gasteiger partial charge in [0.05, 0.1) is 30.9 Å². The van der Waals surface area contributed by atoms with Crippen molar-refractivity contribution in [3.8, 4) is 46.3 Å². The molecule has 52 heavy (non-hydrogen) atoms. The maximum atomic E-state index is 11.6. The number of nitrogens with zero attached hydrogens (tertiary/aromatic N) is 3. The first-order valence-corrected chi connectivity index (χ1v) is 17.1. The third kappa shape index (κ3) is 10.3. The van der Waals surface area contributed by atoms with Crippen LogP contribution in [0, 0.1) is 22.7 Å². The molecule has 4 N–H and O–H groups in total. The predicted octanol–water partition coefficient (Wildman–Crippen LogP) is 4.38. The van der Waals surface area contributed by atoms with Gasteiger partial charge in [0.2, 0.25) is 0 Å². The number of aryl methyl sites for hydroxylation is 1. The van der Waals surface area contributed by atoms with Gasteiger partial charge >= 0.3 is 6.03 Å². The molecule has 270 valence electrons. The van der Waals surface area contributed by atoms with Crippen LogP contribution < -0.4 is 34.9 Å². The molecular formula is C39H42N6O7. The fourth-order valence-electron chi connectivity index (χ4n) is 5.53. The summed E-state index contributed by atoms with van der Waals surface area (Å²) in [4.78, 5) is 15.7. The number of carbonyl (C=O) groups excluding carboxylic acids is 1. The number of hydrogen-bond acceptors (Lipinski definition) is 11. The fourth-order valence-corrected chi connectivity index (χ4v) is 5.53. The first-order valence-electron chi connectivity index (χ1n) is 17.1. The Labute approximate surface area is 303 Å². The van der Waals surface area contributed by atoms with Crippen LogP contribution in [0.4, 0.5) is 4.79 Å². The first-order chi connectivity index (χ1) is 25.5. The number of pyridine rings is 1. The zero-order valence-corrected chi connectivity index (χ0v) is 29.1. The zero-order valence-electron chi connectivity index (χ0n) is 29.1. The molecule has 4 aromatic rings. The molecule has 0 unspecified atom stereocenters. The topological polar surface area (TPSA) is 180 Å². The van der Waals surface area contributed by atoms with Gasteiger partial charge in [-0.2, -0.15) is 10.5 Å². The van der Waals surface area contributed by atoms with E-state index in [1.165, 1.54) is 6.20 Å². The molecule has 1 aliphatic heterocycles. The highest BCUT2D eigenvalue weighted by atomic mass is 16.6. The summed E-state index contributed by atoms with van der Waals surface area (Å²) in [5, 5.41) is 36.9. The van der Waals surface area contributed by atoms with E-state index in [0.717, 1.165) is 33.4 Å². The van der Waals surface area contributed by atoms with Gasteiger partial charge in [-0.25, -0.2) is 4.79 Å². The van der Waals surface area contributed by atoms with Crippen LogP contribution in [0.1, 0.15) is 40.3 Å². The Kier molecular flexibility index (Phi) is 14.0. The molecule has 3 aromatic carbocycles. The Morgan fingerprint density at radius 3 is 2.46 bits per heavy atom. The highest BCUT2D eigenvalue weighted by Crippen LogP contribution is 2.37. The quantitative estimate of drug-likeness (QED) is 0.108. The second-order valence-electron chi connectivity index (χ2n) is 11.7. The molecule has 2 amide bonds. The smallest absolute Gasteiger partial charge is 0.314 e. The first kappa shape index (κ1) is 37.4. The van der Waals surface area contributed by atoms with Crippen LogP contribution in [0.3, 0.4) is 0 Å². The van der Waals surface area contributed by atoms with Crippen molar-refractivity contribution in [3.05, 3.63) is 100 Å². The summed E-state index contributed by atoms with van der Waals surface area (Å²) in [7, 11) is 0. The summed E-state index contributed by atoms with van der Waals surface area (Å²) in [6, 6.07) is 21.2. The lowest BCUT2D eigenvalue weighted by Gasteiger charge is -2.20. The van der Waals surface area contributed by atoms with Crippen LogP contribution in [0.25, 0.3) is 11.1 Å². The van der Waals surface area contributed by atoms with Crippen LogP contribution in [0.5, 0.6) is 23.0 Å². The van der Waals surface area contributed by atoms with Crippen LogP contribution in [-0.4, -0.2) is 68.8 Å². The van der Waals surface area contributed by atoms with Crippen LogP contribution in [0.15, 0.2) is 67.0 Å². The van der Waals surface area contributed by atoms with Gasteiger partial charge in [-0.05, 0) is 47.4 Å². The lowest BCUT2D eigenvalue weighted by Crippen LogP contribution is -2.38. The number of aliphatic hydroxyl groups excluding tert-OH is 1. The molecule has 0 atom stereocenters. The number of carbonyl (C=O) groups is 1. The van der Waals surface area contributed by atoms with Gasteiger partial charge in [0.1, 0.15) is 50.1 Å². The van der Waals surface area contributed by atoms with Crippen molar-refractivity contribution in [3.63, 3.8) is 0 Å². The number of benzene rings is 3. The molecule has 2 heterocycles. The summed E-state index contributed by atoms with van der Waals surface area (Å²) < 4.78 is 29.8. The van der Waals surface area contributed by atoms with Gasteiger partial charge in [-0.1, -0.05) is 31.2 Å². The maximum Gasteiger partial charge on any atom is 0.314 e. The normalized spacial score (nSPS) is 11.6. The van der Waals surface area contributed by atoms with E-state index in [9.17, 15) is 15.3 Å². The van der Waals surface area contributed by atoms with Gasteiger partial charge in [-0.3, -0.25) is 4.98 Å². The number of amides is 2. The molecule has 0 bridgehead atoms. The number of nitrogens with one attached hydrogen (secondary N) is 3. The van der Waals surface area contributed by atoms with Crippen molar-refractivity contribution in [2.24, 2.45) is 0 Å². The van der Waals surface area contributed by atoms with Crippen molar-refractivity contribution >= 4 is 6.03 Å². The van der Waals surface area contributed by atoms with E-state index in [1.54, 1.807) is 12.3 Å². The van der Waals surface area contributed by atoms with E-state index in [4.69, 9.17) is 28.8 Å². The second kappa shape index (κ2) is 19.5. The van der Waals surface area contributed by atoms with E-state index in [2.05, 4.69) is 33.1 Å². The fraction of sp³-hybridized carbons (Fsp3) is 0.333. The maximum absolute atomic E-state index is 11.6. The highest BCUT2D eigenvalue weighted by Gasteiger charge is 2.17. The number of rotatable bonds is 18. The number of fused-ring (bicyclic) bond motifs is 1. The molecule has 0 saturated carbocycles. The van der Waals surface area contributed by atoms with Crippen molar-refractivity contribution in [1.29, 1.82) is 10.5 Å². The number of ether oxygens (including phenoxy) is 5. The minimum atomic E-state index is -0.354. The SMILES string of the molecule is CCc1cc(CNCCOCCNC(=O)NCCO)c(OCc2cncc(C#N)c2)cc1OCc1cccc(-c2ccc3c(c2)OCCO3)c1C#N. The predicted molar refractivity (Wildman–Crippen MR) is 192 cm³/mol. The molecule has 1 aromatic heterocycles. The number of aromatic nitrogens is 1. The molecule has 0 fully saturated rings. The molecule has 13 heteroatoms. The number of urea groups is 1. The Balaban J connectivity index is 1.28. The largest absolute Gasteiger partial charge is 0.488 e. The van der Waals surface area contributed by atoms with Crippen molar-refractivity contribution in [2.75, 3.05) is 52.7 Å². The van der Waals surface area contributed by atoms with Crippen LogP contribution >= 0.6 is 0 Å². The minimum Gasteiger partial charge on any atom is -0.488 e. The highest BCUT2D eigenvalue weighted by molar-refractivity contribution is 5.74. The summed E-state index contributed by atoms with van der Waals surface area (Å²) in [5.74, 6) is 2.58. The van der Waals surface area contributed by atoms with Crippen LogP contribution in [-0.2, 0) is 30.9 Å². The van der Waals surface area contributed by atoms with Gasteiger partial charge in [0, 0.05) is 61.3 Å². The average molecular weight is 707 g/mol. The molecular weight excluding hydrogens is 664 g/mol. The van der Waals surface area contributed by atoms with Crippen LogP contribution in [0.2, 0.25) is 0 Å². The molecule has 5 rings (SSSR count). The zero-order chi connectivity index (χ0) is 36.5.